The summed E-state index contributed by atoms with van der Waals surface area (Å²) >= 11 is 0. The molecule has 0 aromatic heterocycles. The van der Waals surface area contributed by atoms with Gasteiger partial charge >= 0.3 is 5.97 Å². The van der Waals surface area contributed by atoms with Crippen molar-refractivity contribution in [2.75, 3.05) is 20.3 Å². The number of ketones is 2. The number of hydrogen-bond acceptors (Lipinski definition) is 6. The van der Waals surface area contributed by atoms with Crippen LogP contribution in [-0.2, 0) is 20.8 Å². The van der Waals surface area contributed by atoms with E-state index in [1.807, 2.05) is 46.8 Å². The molecule has 4 rings (SSSR count). The topological polar surface area (TPSA) is 93.1 Å². The molecule has 0 unspecified atom stereocenters. The number of allylic oxidation sites excluding steroid dienone is 5. The number of methoxy groups -OCH3 is 1. The lowest BCUT2D eigenvalue weighted by molar-refractivity contribution is -0.138. The third-order valence-corrected chi connectivity index (χ3v) is 7.67. The van der Waals surface area contributed by atoms with Gasteiger partial charge in [0.25, 0.3) is 0 Å². The molecule has 2 aliphatic carbocycles. The largest absolute Gasteiger partial charge is 0.493 e. The molecule has 0 amide bonds. The quantitative estimate of drug-likeness (QED) is 0.446. The lowest BCUT2D eigenvalue weighted by Gasteiger charge is -2.48. The molecule has 0 atom stereocenters. The van der Waals surface area contributed by atoms with Crippen LogP contribution in [0.5, 0.6) is 11.5 Å². The zero-order valence-electron chi connectivity index (χ0n) is 23.4. The Balaban J connectivity index is 2.06. The Morgan fingerprint density at radius 1 is 1.05 bits per heavy atom. The first kappa shape index (κ1) is 27.7. The number of carbonyl (C=O) groups is 3. The second kappa shape index (κ2) is 10.1. The van der Waals surface area contributed by atoms with Crippen molar-refractivity contribution in [1.29, 1.82) is 0 Å². The van der Waals surface area contributed by atoms with Crippen molar-refractivity contribution in [2.45, 2.75) is 72.6 Å². The normalized spacial score (nSPS) is 20.7. The summed E-state index contributed by atoms with van der Waals surface area (Å²) in [6.45, 7) is 14.1. The Bertz CT molecular complexity index is 1210. The fourth-order valence-corrected chi connectivity index (χ4v) is 6.36. The van der Waals surface area contributed by atoms with Crippen LogP contribution in [0.2, 0.25) is 0 Å². The van der Waals surface area contributed by atoms with E-state index < -0.39 is 11.9 Å². The van der Waals surface area contributed by atoms with E-state index in [0.717, 1.165) is 22.5 Å². The number of carbonyl (C=O) groups excluding carboxylic acids is 2. The zero-order valence-corrected chi connectivity index (χ0v) is 23.4. The minimum absolute atomic E-state index is 0.0418. The summed E-state index contributed by atoms with van der Waals surface area (Å²) in [4.78, 5) is 41.6. The van der Waals surface area contributed by atoms with Gasteiger partial charge in [-0.15, -0.1) is 6.58 Å². The fourth-order valence-electron chi connectivity index (χ4n) is 6.36. The Kier molecular flexibility index (Phi) is 7.34. The van der Waals surface area contributed by atoms with Gasteiger partial charge in [0.2, 0.25) is 0 Å². The summed E-state index contributed by atoms with van der Waals surface area (Å²) in [7, 11) is 1.59. The first-order valence-electron chi connectivity index (χ1n) is 13.3. The molecule has 3 aliphatic rings. The molecular weight excluding hydrogens is 482 g/mol. The summed E-state index contributed by atoms with van der Waals surface area (Å²) < 4.78 is 11.7. The van der Waals surface area contributed by atoms with Crippen molar-refractivity contribution in [3.8, 4) is 11.5 Å². The van der Waals surface area contributed by atoms with E-state index in [4.69, 9.17) is 9.47 Å². The minimum Gasteiger partial charge on any atom is -0.493 e. The van der Waals surface area contributed by atoms with Crippen molar-refractivity contribution in [3.63, 3.8) is 0 Å². The monoisotopic (exact) mass is 521 g/mol. The standard InChI is InChI=1S/C31H39NO6/c1-8-10-18-11-19(12-24(38-9-2)29(18)37-7)26-27-20(13-30(3,4)15-22(27)33)32(17-25(35)36)21-14-31(5,6)16-23(34)28(21)26/h8,11-12,26H,1,9-10,13-17H2,2-7H3,(H,35,36). The Labute approximate surface area is 225 Å². The maximum atomic E-state index is 13.9. The van der Waals surface area contributed by atoms with E-state index in [9.17, 15) is 19.5 Å². The maximum Gasteiger partial charge on any atom is 0.323 e. The van der Waals surface area contributed by atoms with Crippen molar-refractivity contribution >= 4 is 17.5 Å². The highest BCUT2D eigenvalue weighted by Gasteiger charge is 2.49. The number of aliphatic carboxylic acids is 1. The summed E-state index contributed by atoms with van der Waals surface area (Å²) in [5.74, 6) is -0.515. The van der Waals surface area contributed by atoms with Crippen LogP contribution < -0.4 is 9.47 Å². The molecule has 1 heterocycles. The van der Waals surface area contributed by atoms with Crippen LogP contribution in [-0.4, -0.2) is 47.8 Å². The van der Waals surface area contributed by atoms with Crippen molar-refractivity contribution in [2.24, 2.45) is 10.8 Å². The highest BCUT2D eigenvalue weighted by Crippen LogP contribution is 2.55. The van der Waals surface area contributed by atoms with Crippen LogP contribution in [0.1, 0.15) is 77.3 Å². The van der Waals surface area contributed by atoms with Gasteiger partial charge in [0.05, 0.1) is 13.7 Å². The third-order valence-electron chi connectivity index (χ3n) is 7.67. The van der Waals surface area contributed by atoms with Crippen molar-refractivity contribution < 1.29 is 29.0 Å². The number of rotatable bonds is 8. The molecule has 1 aromatic rings. The average molecular weight is 522 g/mol. The van der Waals surface area contributed by atoms with Crippen LogP contribution in [0.15, 0.2) is 47.3 Å². The molecule has 0 saturated carbocycles. The van der Waals surface area contributed by atoms with Crippen molar-refractivity contribution in [1.82, 2.24) is 4.90 Å². The van der Waals surface area contributed by atoms with Gasteiger partial charge in [-0.1, -0.05) is 39.8 Å². The predicted octanol–water partition coefficient (Wildman–Crippen LogP) is 5.59. The summed E-state index contributed by atoms with van der Waals surface area (Å²) in [5, 5.41) is 9.87. The second-order valence-electron chi connectivity index (χ2n) is 12.2. The van der Waals surface area contributed by atoms with E-state index in [1.54, 1.807) is 18.1 Å². The van der Waals surface area contributed by atoms with Gasteiger partial charge < -0.3 is 19.5 Å². The average Bonchev–Trinajstić information content (AvgIpc) is 2.78. The van der Waals surface area contributed by atoms with Gasteiger partial charge in [0.1, 0.15) is 6.54 Å². The van der Waals surface area contributed by atoms with E-state index in [1.165, 1.54) is 0 Å². The first-order valence-corrected chi connectivity index (χ1v) is 13.3. The summed E-state index contributed by atoms with van der Waals surface area (Å²) in [6, 6.07) is 3.86. The molecule has 0 radical (unpaired) electrons. The lowest BCUT2D eigenvalue weighted by atomic mass is 9.63. The number of benzene rings is 1. The molecule has 0 spiro atoms. The Morgan fingerprint density at radius 3 is 2.05 bits per heavy atom. The molecule has 0 saturated heterocycles. The van der Waals surface area contributed by atoms with Crippen LogP contribution in [0.4, 0.5) is 0 Å². The zero-order chi connectivity index (χ0) is 28.0. The maximum absolute atomic E-state index is 13.9. The molecule has 1 aliphatic heterocycles. The molecule has 7 nitrogen and oxygen atoms in total. The molecule has 1 N–H and O–H groups in total. The smallest absolute Gasteiger partial charge is 0.323 e. The number of hydrogen-bond donors (Lipinski definition) is 1. The summed E-state index contributed by atoms with van der Waals surface area (Å²) in [6.07, 6.45) is 4.08. The predicted molar refractivity (Wildman–Crippen MR) is 145 cm³/mol. The molecule has 0 fully saturated rings. The fraction of sp³-hybridized carbons (Fsp3) is 0.516. The van der Waals surface area contributed by atoms with Gasteiger partial charge in [-0.05, 0) is 48.6 Å². The number of Topliss-reactive ketones (excluding diaryl/α,β-unsaturated/α-hetero) is 2. The van der Waals surface area contributed by atoms with E-state index in [0.29, 0.717) is 61.4 Å². The Morgan fingerprint density at radius 2 is 1.61 bits per heavy atom. The van der Waals surface area contributed by atoms with Crippen LogP contribution in [0.3, 0.4) is 0 Å². The first-order chi connectivity index (χ1) is 17.8. The van der Waals surface area contributed by atoms with E-state index in [-0.39, 0.29) is 28.9 Å². The number of nitrogens with zero attached hydrogens (tertiary/aromatic N) is 1. The molecule has 38 heavy (non-hydrogen) atoms. The van der Waals surface area contributed by atoms with Gasteiger partial charge in [-0.25, -0.2) is 0 Å². The molecule has 7 heteroatoms. The van der Waals surface area contributed by atoms with E-state index >= 15 is 0 Å². The van der Waals surface area contributed by atoms with Crippen LogP contribution in [0.25, 0.3) is 0 Å². The molecule has 1 aromatic carbocycles. The van der Waals surface area contributed by atoms with Crippen molar-refractivity contribution in [3.05, 3.63) is 58.5 Å². The highest BCUT2D eigenvalue weighted by atomic mass is 16.5. The number of carboxylic acid groups (broad SMARTS) is 1. The Hall–Kier alpha value is -3.35. The van der Waals surface area contributed by atoms with Crippen LogP contribution in [0, 0.1) is 10.8 Å². The molecular formula is C31H39NO6. The second-order valence-corrected chi connectivity index (χ2v) is 12.2. The van der Waals surface area contributed by atoms with E-state index in [2.05, 4.69) is 6.58 Å². The number of carboxylic acids is 1. The number of ether oxygens (including phenoxy) is 2. The third kappa shape index (κ3) is 5.03. The SMILES string of the molecule is C=CCc1cc(C2C3=C(CC(C)(C)CC3=O)N(CC(=O)O)C3=C2C(=O)CC(C)(C)C3)cc(OCC)c1OC. The lowest BCUT2D eigenvalue weighted by Crippen LogP contribution is -2.45. The van der Waals surface area contributed by atoms with Gasteiger partial charge in [0, 0.05) is 46.9 Å². The summed E-state index contributed by atoms with van der Waals surface area (Å²) in [5.41, 5.74) is 3.50. The highest BCUT2D eigenvalue weighted by molar-refractivity contribution is 6.07. The van der Waals surface area contributed by atoms with Gasteiger partial charge in [-0.3, -0.25) is 14.4 Å². The minimum atomic E-state index is -0.995. The van der Waals surface area contributed by atoms with Gasteiger partial charge in [-0.2, -0.15) is 0 Å². The van der Waals surface area contributed by atoms with Crippen LogP contribution >= 0.6 is 0 Å². The molecule has 0 bridgehead atoms. The van der Waals surface area contributed by atoms with Gasteiger partial charge in [0.15, 0.2) is 23.1 Å². The molecule has 204 valence electrons.